The zero-order chi connectivity index (χ0) is 25.1. The molecule has 2 aromatic rings. The first-order valence-corrected chi connectivity index (χ1v) is 11.7. The molecule has 11 nitrogen and oxygen atoms in total. The molecule has 0 bridgehead atoms. The first kappa shape index (κ1) is 30.6. The second-order valence-corrected chi connectivity index (χ2v) is 8.86. The van der Waals surface area contributed by atoms with Gasteiger partial charge >= 0.3 is 35.7 Å². The minimum atomic E-state index is -5.12. The zero-order valence-electron chi connectivity index (χ0n) is 19.3. The van der Waals surface area contributed by atoms with Crippen molar-refractivity contribution in [2.24, 2.45) is 0 Å². The summed E-state index contributed by atoms with van der Waals surface area (Å²) in [6.07, 6.45) is -0.965. The van der Waals surface area contributed by atoms with Crippen molar-refractivity contribution in [1.29, 1.82) is 0 Å². The Bertz CT molecular complexity index is 1070. The van der Waals surface area contributed by atoms with Crippen LogP contribution in [-0.2, 0) is 37.5 Å². The summed E-state index contributed by atoms with van der Waals surface area (Å²) in [4.78, 5) is 36.2. The van der Waals surface area contributed by atoms with Gasteiger partial charge in [0.2, 0.25) is 11.8 Å². The van der Waals surface area contributed by atoms with Crippen LogP contribution >= 0.6 is 0 Å². The Kier molecular flexibility index (Phi) is 12.9. The van der Waals surface area contributed by atoms with Gasteiger partial charge in [0.1, 0.15) is 29.3 Å². The number of hydrogen-bond acceptors (Lipinski definition) is 8. The molecule has 13 heteroatoms. The molecule has 184 valence electrons. The Labute approximate surface area is 225 Å². The van der Waals surface area contributed by atoms with Gasteiger partial charge in [-0.2, -0.15) is 0 Å². The van der Waals surface area contributed by atoms with Crippen LogP contribution in [0.5, 0.6) is 0 Å². The van der Waals surface area contributed by atoms with Crippen LogP contribution in [0.1, 0.15) is 18.1 Å². The molecule has 0 saturated heterocycles. The van der Waals surface area contributed by atoms with Crippen LogP contribution in [0.4, 0.5) is 4.79 Å². The van der Waals surface area contributed by atoms with Gasteiger partial charge in [0, 0.05) is 0 Å². The Morgan fingerprint density at radius 2 is 1.51 bits per heavy atom. The molecule has 0 heterocycles. The Balaban J connectivity index is 0.00000612. The number of ether oxygens (including phenoxy) is 1. The molecule has 3 amide bonds. The Morgan fingerprint density at radius 1 is 0.971 bits per heavy atom. The number of aliphatic hydroxyl groups is 1. The number of nitrogens with one attached hydrogen (secondary N) is 3. The van der Waals surface area contributed by atoms with E-state index in [1.807, 2.05) is 6.07 Å². The molecule has 4 N–H and O–H groups in total. The van der Waals surface area contributed by atoms with Crippen molar-refractivity contribution in [3.05, 3.63) is 71.8 Å². The molecular weight excluding hydrogens is 489 g/mol. The maximum atomic E-state index is 12.5. The van der Waals surface area contributed by atoms with Crippen LogP contribution in [-0.4, -0.2) is 60.0 Å². The van der Waals surface area contributed by atoms with E-state index in [0.717, 1.165) is 5.56 Å². The van der Waals surface area contributed by atoms with Gasteiger partial charge in [0.15, 0.2) is 5.44 Å². The minimum Gasteiger partial charge on any atom is -0.746 e. The smallest absolute Gasteiger partial charge is 0.746 e. The molecule has 0 aliphatic heterocycles. The maximum absolute atomic E-state index is 12.5. The van der Waals surface area contributed by atoms with Gasteiger partial charge < -0.3 is 30.3 Å². The minimum absolute atomic E-state index is 0. The second-order valence-electron chi connectivity index (χ2n) is 7.39. The van der Waals surface area contributed by atoms with Gasteiger partial charge in [0.25, 0.3) is 0 Å². The third kappa shape index (κ3) is 11.2. The summed E-state index contributed by atoms with van der Waals surface area (Å²) < 4.78 is 38.9. The summed E-state index contributed by atoms with van der Waals surface area (Å²) in [5.41, 5.74) is -1.05. The molecule has 0 aromatic heterocycles. The van der Waals surface area contributed by atoms with Gasteiger partial charge in [0.05, 0.1) is 6.04 Å². The molecule has 0 fully saturated rings. The fraction of sp³-hybridized carbons (Fsp3) is 0.318. The van der Waals surface area contributed by atoms with Crippen LogP contribution in [0.2, 0.25) is 0 Å². The third-order valence-corrected chi connectivity index (χ3v) is 5.56. The molecule has 2 rings (SSSR count). The Morgan fingerprint density at radius 3 is 2.06 bits per heavy atom. The summed E-state index contributed by atoms with van der Waals surface area (Å²) in [5.74, 6) is -1.54. The first-order chi connectivity index (χ1) is 16.1. The summed E-state index contributed by atoms with van der Waals surface area (Å²) in [6.45, 7) is 0.857. The molecule has 0 aliphatic rings. The monoisotopic (exact) mass is 515 g/mol. The van der Waals surface area contributed by atoms with E-state index in [1.165, 1.54) is 6.92 Å². The van der Waals surface area contributed by atoms with Crippen LogP contribution < -0.4 is 45.5 Å². The topological polar surface area (TPSA) is 174 Å². The van der Waals surface area contributed by atoms with Gasteiger partial charge in [-0.25, -0.2) is 13.2 Å². The summed E-state index contributed by atoms with van der Waals surface area (Å²) >= 11 is 0. The fourth-order valence-electron chi connectivity index (χ4n) is 2.88. The number of alkyl carbamates (subject to hydrolysis) is 1. The van der Waals surface area contributed by atoms with Crippen molar-refractivity contribution in [1.82, 2.24) is 16.0 Å². The largest absolute Gasteiger partial charge is 1.00 e. The third-order valence-electron chi connectivity index (χ3n) is 4.64. The maximum Gasteiger partial charge on any atom is 1.00 e. The van der Waals surface area contributed by atoms with E-state index in [1.54, 1.807) is 54.6 Å². The number of rotatable bonds is 11. The number of benzene rings is 2. The van der Waals surface area contributed by atoms with E-state index in [2.05, 4.69) is 16.0 Å². The van der Waals surface area contributed by atoms with Crippen molar-refractivity contribution in [2.45, 2.75) is 37.5 Å². The summed E-state index contributed by atoms with van der Waals surface area (Å²) in [6, 6.07) is 14.7. The molecule has 2 aromatic carbocycles. The number of carbonyl (C=O) groups excluding carboxylic acids is 3. The van der Waals surface area contributed by atoms with Gasteiger partial charge in [-0.15, -0.1) is 0 Å². The normalized spacial score (nSPS) is 13.3. The standard InChI is InChI=1S/C22H27N3O8S.Na/c1-15(24-19(26)13-23-22(29)33-14-17-10-6-3-7-11-17)20(27)25-18(21(28)34(30,31)32)12-16-8-4-2-5-9-16;/h2-11,15,18,21,28H,12-14H2,1H3,(H,23,29)(H,24,26)(H,25,27)(H,30,31,32);/q;+1/p-1/t15-,18?,21?;/m0./s1. The van der Waals surface area contributed by atoms with Crippen LogP contribution in [0, 0.1) is 0 Å². The van der Waals surface area contributed by atoms with Gasteiger partial charge in [-0.3, -0.25) is 9.59 Å². The van der Waals surface area contributed by atoms with E-state index in [-0.39, 0.29) is 42.6 Å². The van der Waals surface area contributed by atoms with Gasteiger partial charge in [-0.05, 0) is 24.5 Å². The van der Waals surface area contributed by atoms with Crippen molar-refractivity contribution in [3.8, 4) is 0 Å². The fourth-order valence-corrected chi connectivity index (χ4v) is 3.45. The molecule has 0 aliphatic carbocycles. The average Bonchev–Trinajstić information content (AvgIpc) is 2.81. The van der Waals surface area contributed by atoms with E-state index in [9.17, 15) is 32.5 Å². The summed E-state index contributed by atoms with van der Waals surface area (Å²) in [5, 5.41) is 16.8. The molecule has 35 heavy (non-hydrogen) atoms. The van der Waals surface area contributed by atoms with Crippen molar-refractivity contribution < 1.29 is 66.8 Å². The van der Waals surface area contributed by atoms with E-state index < -0.39 is 52.1 Å². The molecule has 0 radical (unpaired) electrons. The molecule has 0 saturated carbocycles. The predicted octanol–water partition coefficient (Wildman–Crippen LogP) is -2.99. The molecular formula is C22H26N3NaO8S. The van der Waals surface area contributed by atoms with E-state index in [0.29, 0.717) is 5.56 Å². The Hall–Kier alpha value is -2.48. The second kappa shape index (κ2) is 14.8. The number of aliphatic hydroxyl groups excluding tert-OH is 1. The molecule has 3 atom stereocenters. The molecule has 0 spiro atoms. The zero-order valence-corrected chi connectivity index (χ0v) is 22.2. The quantitative estimate of drug-likeness (QED) is 0.181. The van der Waals surface area contributed by atoms with Crippen molar-refractivity contribution >= 4 is 28.0 Å². The number of amides is 3. The van der Waals surface area contributed by atoms with Crippen LogP contribution in [0.15, 0.2) is 60.7 Å². The van der Waals surface area contributed by atoms with Crippen LogP contribution in [0.25, 0.3) is 0 Å². The predicted molar refractivity (Wildman–Crippen MR) is 120 cm³/mol. The van der Waals surface area contributed by atoms with Crippen molar-refractivity contribution in [2.75, 3.05) is 6.54 Å². The molecule has 2 unspecified atom stereocenters. The summed E-state index contributed by atoms with van der Waals surface area (Å²) in [7, 11) is -5.12. The average molecular weight is 516 g/mol. The number of hydrogen-bond donors (Lipinski definition) is 4. The SMILES string of the molecule is C[C@H](NC(=O)CNC(=O)OCc1ccccc1)C(=O)NC(Cc1ccccc1)C(O)S(=O)(=O)[O-].[Na+]. The van der Waals surface area contributed by atoms with Crippen LogP contribution in [0.3, 0.4) is 0 Å². The number of carbonyl (C=O) groups is 3. The first-order valence-electron chi connectivity index (χ1n) is 10.3. The van der Waals surface area contributed by atoms with E-state index >= 15 is 0 Å². The van der Waals surface area contributed by atoms with E-state index in [4.69, 9.17) is 4.74 Å². The van der Waals surface area contributed by atoms with Crippen molar-refractivity contribution in [3.63, 3.8) is 0 Å². The van der Waals surface area contributed by atoms with Gasteiger partial charge in [-0.1, -0.05) is 60.7 Å².